The monoisotopic (exact) mass is 562 g/mol. The first-order chi connectivity index (χ1) is 14.7. The van der Waals surface area contributed by atoms with Crippen LogP contribution in [0.1, 0.15) is 53.4 Å². The highest BCUT2D eigenvalue weighted by Crippen LogP contribution is 2.36. The van der Waals surface area contributed by atoms with E-state index in [0.29, 0.717) is 12.5 Å². The molecular formula is C23H36FIN4O3. The molecule has 1 amide bonds. The average molecular weight is 562 g/mol. The number of hydrogen-bond acceptors (Lipinski definition) is 4. The van der Waals surface area contributed by atoms with Gasteiger partial charge in [-0.15, -0.1) is 24.0 Å². The van der Waals surface area contributed by atoms with E-state index in [-0.39, 0.29) is 65.9 Å². The van der Waals surface area contributed by atoms with Crippen molar-refractivity contribution in [3.8, 4) is 5.75 Å². The van der Waals surface area contributed by atoms with Crippen molar-refractivity contribution in [1.29, 1.82) is 0 Å². The van der Waals surface area contributed by atoms with Gasteiger partial charge in [0.25, 0.3) is 0 Å². The summed E-state index contributed by atoms with van der Waals surface area (Å²) in [5, 5.41) is 6.73. The minimum absolute atomic E-state index is 0. The number of carbonyl (C=O) groups excluding carboxylic acids is 1. The summed E-state index contributed by atoms with van der Waals surface area (Å²) in [5.74, 6) is 0.550. The second-order valence-corrected chi connectivity index (χ2v) is 9.40. The summed E-state index contributed by atoms with van der Waals surface area (Å²) < 4.78 is 25.0. The molecule has 3 unspecified atom stereocenters. The van der Waals surface area contributed by atoms with Crippen LogP contribution < -0.4 is 15.4 Å². The number of nitrogens with zero attached hydrogens (tertiary/aromatic N) is 2. The first-order valence-corrected chi connectivity index (χ1v) is 11.1. The number of benzene rings is 1. The van der Waals surface area contributed by atoms with Crippen LogP contribution in [-0.2, 0) is 4.74 Å². The molecule has 2 N–H and O–H groups in total. The van der Waals surface area contributed by atoms with Crippen LogP contribution in [0.25, 0.3) is 0 Å². The van der Waals surface area contributed by atoms with E-state index < -0.39 is 5.60 Å². The number of nitrogens with one attached hydrogen (secondary N) is 2. The Hall–Kier alpha value is -1.78. The van der Waals surface area contributed by atoms with Crippen LogP contribution in [0.2, 0.25) is 0 Å². The second-order valence-electron chi connectivity index (χ2n) is 9.40. The van der Waals surface area contributed by atoms with E-state index in [0.717, 1.165) is 25.7 Å². The molecule has 2 saturated heterocycles. The lowest BCUT2D eigenvalue weighted by molar-refractivity contribution is 0.00544. The van der Waals surface area contributed by atoms with Crippen LogP contribution in [-0.4, -0.2) is 60.4 Å². The van der Waals surface area contributed by atoms with Gasteiger partial charge in [0.05, 0.1) is 6.54 Å². The molecule has 2 fully saturated rings. The summed E-state index contributed by atoms with van der Waals surface area (Å²) >= 11 is 0. The number of fused-ring (bicyclic) bond motifs is 2. The zero-order chi connectivity index (χ0) is 22.6. The number of halogens is 2. The van der Waals surface area contributed by atoms with E-state index in [1.54, 1.807) is 25.2 Å². The lowest BCUT2D eigenvalue weighted by atomic mass is 9.98. The Labute approximate surface area is 207 Å². The standard InChI is InChI=1S/C23H35FN4O3.HI/c1-15(30-20-9-7-6-8-19(20)24)14-26-21(25-5)27-16-12-17-10-11-18(13-16)28(17)22(29)31-23(2,3)4;/h6-9,15-18H,10-14H2,1-5H3,(H2,25,26,27);1H. The maximum absolute atomic E-state index is 13.8. The molecule has 0 radical (unpaired) electrons. The van der Waals surface area contributed by atoms with Gasteiger partial charge in [-0.3, -0.25) is 4.99 Å². The van der Waals surface area contributed by atoms with Gasteiger partial charge in [0.1, 0.15) is 11.7 Å². The highest BCUT2D eigenvalue weighted by atomic mass is 127. The van der Waals surface area contributed by atoms with Crippen LogP contribution in [0.3, 0.4) is 0 Å². The first-order valence-electron chi connectivity index (χ1n) is 11.1. The Balaban J connectivity index is 0.00000363. The predicted octanol–water partition coefficient (Wildman–Crippen LogP) is 4.31. The molecule has 0 spiro atoms. The van der Waals surface area contributed by atoms with Gasteiger partial charge in [-0.25, -0.2) is 9.18 Å². The Kier molecular flexibility index (Phi) is 9.41. The van der Waals surface area contributed by atoms with E-state index in [1.807, 2.05) is 32.6 Å². The van der Waals surface area contributed by atoms with Crippen molar-refractivity contribution in [2.75, 3.05) is 13.6 Å². The Morgan fingerprint density at radius 3 is 2.44 bits per heavy atom. The van der Waals surface area contributed by atoms with Gasteiger partial charge in [-0.2, -0.15) is 0 Å². The van der Waals surface area contributed by atoms with E-state index >= 15 is 0 Å². The molecule has 32 heavy (non-hydrogen) atoms. The molecule has 7 nitrogen and oxygen atoms in total. The van der Waals surface area contributed by atoms with Crippen molar-refractivity contribution in [3.63, 3.8) is 0 Å². The third kappa shape index (κ3) is 7.11. The average Bonchev–Trinajstić information content (AvgIpc) is 2.96. The zero-order valence-electron chi connectivity index (χ0n) is 19.6. The number of piperidine rings is 1. The third-order valence-electron chi connectivity index (χ3n) is 5.62. The summed E-state index contributed by atoms with van der Waals surface area (Å²) in [5.41, 5.74) is -0.487. The molecule has 1 aromatic rings. The van der Waals surface area contributed by atoms with Crippen LogP contribution in [0.4, 0.5) is 9.18 Å². The summed E-state index contributed by atoms with van der Waals surface area (Å²) in [7, 11) is 1.72. The predicted molar refractivity (Wildman–Crippen MR) is 134 cm³/mol. The summed E-state index contributed by atoms with van der Waals surface area (Å²) in [6, 6.07) is 6.99. The molecule has 9 heteroatoms. The SMILES string of the molecule is CN=C(NCC(C)Oc1ccccc1F)NC1CC2CCC(C1)N2C(=O)OC(C)(C)C.I. The number of guanidine groups is 1. The van der Waals surface area contributed by atoms with Crippen LogP contribution >= 0.6 is 24.0 Å². The highest BCUT2D eigenvalue weighted by molar-refractivity contribution is 14.0. The van der Waals surface area contributed by atoms with Crippen LogP contribution in [0, 0.1) is 5.82 Å². The van der Waals surface area contributed by atoms with Gasteiger partial charge in [-0.05, 0) is 65.5 Å². The van der Waals surface area contributed by atoms with E-state index in [4.69, 9.17) is 9.47 Å². The summed E-state index contributed by atoms with van der Waals surface area (Å²) in [4.78, 5) is 18.9. The molecule has 0 saturated carbocycles. The van der Waals surface area contributed by atoms with Crippen molar-refractivity contribution in [3.05, 3.63) is 30.1 Å². The number of para-hydroxylation sites is 1. The quantitative estimate of drug-likeness (QED) is 0.318. The maximum atomic E-state index is 13.8. The molecular weight excluding hydrogens is 526 g/mol. The highest BCUT2D eigenvalue weighted by Gasteiger charge is 2.45. The molecule has 0 aromatic heterocycles. The Morgan fingerprint density at radius 1 is 1.25 bits per heavy atom. The van der Waals surface area contributed by atoms with Crippen molar-refractivity contribution >= 4 is 36.0 Å². The minimum atomic E-state index is -0.487. The van der Waals surface area contributed by atoms with Crippen molar-refractivity contribution in [2.45, 2.75) is 83.2 Å². The fraction of sp³-hybridized carbons (Fsp3) is 0.652. The van der Waals surface area contributed by atoms with Crippen LogP contribution in [0.5, 0.6) is 5.75 Å². The number of hydrogen-bond donors (Lipinski definition) is 2. The molecule has 1 aromatic carbocycles. The topological polar surface area (TPSA) is 75.2 Å². The number of aliphatic imine (C=N–C) groups is 1. The molecule has 180 valence electrons. The zero-order valence-corrected chi connectivity index (χ0v) is 21.9. The molecule has 3 atom stereocenters. The smallest absolute Gasteiger partial charge is 0.410 e. The van der Waals surface area contributed by atoms with Crippen molar-refractivity contribution in [1.82, 2.24) is 15.5 Å². The fourth-order valence-electron chi connectivity index (χ4n) is 4.33. The second kappa shape index (κ2) is 11.4. The Bertz CT molecular complexity index is 788. The molecule has 2 aliphatic heterocycles. The van der Waals surface area contributed by atoms with Gasteiger partial charge in [0.15, 0.2) is 17.5 Å². The van der Waals surface area contributed by atoms with E-state index in [2.05, 4.69) is 15.6 Å². The van der Waals surface area contributed by atoms with E-state index in [1.165, 1.54) is 6.07 Å². The van der Waals surface area contributed by atoms with Crippen molar-refractivity contribution in [2.24, 2.45) is 4.99 Å². The number of amides is 1. The number of carbonyl (C=O) groups is 1. The molecule has 2 heterocycles. The van der Waals surface area contributed by atoms with Crippen LogP contribution in [0.15, 0.2) is 29.3 Å². The normalized spacial score (nSPS) is 23.8. The molecule has 2 bridgehead atoms. The summed E-state index contributed by atoms with van der Waals surface area (Å²) in [6.07, 6.45) is 3.28. The Morgan fingerprint density at radius 2 is 1.88 bits per heavy atom. The van der Waals surface area contributed by atoms with Gasteiger partial charge in [0.2, 0.25) is 0 Å². The lowest BCUT2D eigenvalue weighted by Crippen LogP contribution is -2.55. The molecule has 2 aliphatic rings. The van der Waals surface area contributed by atoms with Gasteiger partial charge in [-0.1, -0.05) is 12.1 Å². The van der Waals surface area contributed by atoms with Gasteiger partial charge >= 0.3 is 6.09 Å². The third-order valence-corrected chi connectivity index (χ3v) is 5.62. The number of ether oxygens (including phenoxy) is 2. The largest absolute Gasteiger partial charge is 0.486 e. The summed E-state index contributed by atoms with van der Waals surface area (Å²) in [6.45, 7) is 8.05. The van der Waals surface area contributed by atoms with Gasteiger partial charge in [0, 0.05) is 25.2 Å². The molecule has 0 aliphatic carbocycles. The van der Waals surface area contributed by atoms with Gasteiger partial charge < -0.3 is 25.0 Å². The lowest BCUT2D eigenvalue weighted by Gasteiger charge is -2.40. The van der Waals surface area contributed by atoms with E-state index in [9.17, 15) is 9.18 Å². The van der Waals surface area contributed by atoms with Crippen molar-refractivity contribution < 1.29 is 18.7 Å². The maximum Gasteiger partial charge on any atom is 0.410 e. The number of rotatable bonds is 5. The minimum Gasteiger partial charge on any atom is -0.486 e. The fourth-order valence-corrected chi connectivity index (χ4v) is 4.33. The molecule has 3 rings (SSSR count). The first kappa shape index (κ1) is 26.5.